The van der Waals surface area contributed by atoms with E-state index in [0.29, 0.717) is 5.69 Å². The molecule has 3 aromatic rings. The van der Waals surface area contributed by atoms with Crippen LogP contribution >= 0.6 is 0 Å². The highest BCUT2D eigenvalue weighted by Gasteiger charge is 1.99. The van der Waals surface area contributed by atoms with Crippen molar-refractivity contribution in [3.05, 3.63) is 60.4 Å². The molecule has 2 N–H and O–H groups in total. The number of fused-ring (bicyclic) bond motifs is 1. The van der Waals surface area contributed by atoms with Crippen LogP contribution in [0.15, 0.2) is 54.9 Å². The van der Waals surface area contributed by atoms with Crippen molar-refractivity contribution in [2.24, 2.45) is 0 Å². The Morgan fingerprint density at radius 1 is 1.06 bits per heavy atom. The van der Waals surface area contributed by atoms with Gasteiger partial charge >= 0.3 is 0 Å². The molecule has 2 aromatic carbocycles. The fourth-order valence-electron chi connectivity index (χ4n) is 1.99. The Hall–Kier alpha value is -2.29. The maximum atomic E-state index is 5.64. The number of aromatic nitrogens is 2. The van der Waals surface area contributed by atoms with Crippen molar-refractivity contribution in [1.82, 2.24) is 9.78 Å². The first-order valence-electron chi connectivity index (χ1n) is 5.57. The fourth-order valence-corrected chi connectivity index (χ4v) is 1.99. The molecule has 0 fully saturated rings. The average molecular weight is 223 g/mol. The van der Waals surface area contributed by atoms with E-state index in [1.54, 1.807) is 6.20 Å². The fraction of sp³-hybridized carbons (Fsp3) is 0.0714. The summed E-state index contributed by atoms with van der Waals surface area (Å²) in [6, 6.07) is 14.8. The van der Waals surface area contributed by atoms with Crippen molar-refractivity contribution in [2.45, 2.75) is 6.54 Å². The van der Waals surface area contributed by atoms with Crippen LogP contribution < -0.4 is 5.73 Å². The van der Waals surface area contributed by atoms with Gasteiger partial charge in [-0.15, -0.1) is 0 Å². The van der Waals surface area contributed by atoms with Crippen LogP contribution in [0.2, 0.25) is 0 Å². The molecule has 0 saturated carbocycles. The molecule has 0 aliphatic heterocycles. The molecule has 17 heavy (non-hydrogen) atoms. The Labute approximate surface area is 99.5 Å². The van der Waals surface area contributed by atoms with Crippen LogP contribution in [0.4, 0.5) is 5.69 Å². The van der Waals surface area contributed by atoms with E-state index in [9.17, 15) is 0 Å². The van der Waals surface area contributed by atoms with Gasteiger partial charge in [-0.2, -0.15) is 5.10 Å². The van der Waals surface area contributed by atoms with E-state index >= 15 is 0 Å². The topological polar surface area (TPSA) is 43.8 Å². The molecule has 0 unspecified atom stereocenters. The Bertz CT molecular complexity index is 655. The van der Waals surface area contributed by atoms with Crippen molar-refractivity contribution in [2.75, 3.05) is 5.73 Å². The largest absolute Gasteiger partial charge is 0.396 e. The van der Waals surface area contributed by atoms with E-state index in [1.165, 1.54) is 16.3 Å². The molecule has 84 valence electrons. The summed E-state index contributed by atoms with van der Waals surface area (Å²) in [6.07, 6.45) is 3.51. The molecule has 0 aliphatic carbocycles. The Balaban J connectivity index is 1.95. The molecule has 0 amide bonds. The van der Waals surface area contributed by atoms with E-state index in [0.717, 1.165) is 6.54 Å². The molecule has 0 spiro atoms. The van der Waals surface area contributed by atoms with Crippen molar-refractivity contribution < 1.29 is 0 Å². The monoisotopic (exact) mass is 223 g/mol. The van der Waals surface area contributed by atoms with Crippen LogP contribution in [0.1, 0.15) is 5.56 Å². The second kappa shape index (κ2) is 3.94. The quantitative estimate of drug-likeness (QED) is 0.725. The van der Waals surface area contributed by atoms with Crippen LogP contribution in [0.3, 0.4) is 0 Å². The standard InChI is InChI=1S/C14H13N3/c15-14-8-16-17(10-14)9-11-5-6-12-3-1-2-4-13(12)7-11/h1-8,10H,9,15H2. The highest BCUT2D eigenvalue weighted by atomic mass is 15.3. The zero-order chi connectivity index (χ0) is 11.7. The molecular formula is C14H13N3. The Kier molecular flexibility index (Phi) is 2.29. The minimum atomic E-state index is 0.700. The highest BCUT2D eigenvalue weighted by molar-refractivity contribution is 5.82. The number of benzene rings is 2. The van der Waals surface area contributed by atoms with Gasteiger partial charge in [-0.25, -0.2) is 0 Å². The van der Waals surface area contributed by atoms with Crippen LogP contribution in [0.25, 0.3) is 10.8 Å². The zero-order valence-electron chi connectivity index (χ0n) is 9.38. The SMILES string of the molecule is Nc1cnn(Cc2ccc3ccccc3c2)c1. The number of rotatable bonds is 2. The van der Waals surface area contributed by atoms with Crippen LogP contribution in [0, 0.1) is 0 Å². The normalized spacial score (nSPS) is 10.8. The summed E-state index contributed by atoms with van der Waals surface area (Å²) in [5.74, 6) is 0. The first-order chi connectivity index (χ1) is 8.31. The van der Waals surface area contributed by atoms with Gasteiger partial charge in [-0.3, -0.25) is 4.68 Å². The van der Waals surface area contributed by atoms with Crippen LogP contribution in [0.5, 0.6) is 0 Å². The first-order valence-corrected chi connectivity index (χ1v) is 5.57. The molecule has 3 nitrogen and oxygen atoms in total. The molecule has 1 heterocycles. The molecule has 3 rings (SSSR count). The third-order valence-electron chi connectivity index (χ3n) is 2.81. The highest BCUT2D eigenvalue weighted by Crippen LogP contribution is 2.16. The lowest BCUT2D eigenvalue weighted by molar-refractivity contribution is 0.687. The van der Waals surface area contributed by atoms with Gasteiger partial charge in [0.2, 0.25) is 0 Å². The van der Waals surface area contributed by atoms with E-state index in [2.05, 4.69) is 47.6 Å². The van der Waals surface area contributed by atoms with Gasteiger partial charge in [0.25, 0.3) is 0 Å². The lowest BCUT2D eigenvalue weighted by atomic mass is 10.1. The summed E-state index contributed by atoms with van der Waals surface area (Å²) in [6.45, 7) is 0.752. The van der Waals surface area contributed by atoms with E-state index in [-0.39, 0.29) is 0 Å². The maximum absolute atomic E-state index is 5.64. The minimum Gasteiger partial charge on any atom is -0.396 e. The van der Waals surface area contributed by atoms with Crippen molar-refractivity contribution in [3.63, 3.8) is 0 Å². The minimum absolute atomic E-state index is 0.700. The Morgan fingerprint density at radius 2 is 1.88 bits per heavy atom. The second-order valence-corrected chi connectivity index (χ2v) is 4.15. The summed E-state index contributed by atoms with van der Waals surface area (Å²) in [7, 11) is 0. The second-order valence-electron chi connectivity index (χ2n) is 4.15. The van der Waals surface area contributed by atoms with Gasteiger partial charge in [-0.05, 0) is 22.4 Å². The van der Waals surface area contributed by atoms with Crippen LogP contribution in [-0.2, 0) is 6.54 Å². The summed E-state index contributed by atoms with van der Waals surface area (Å²) >= 11 is 0. The van der Waals surface area contributed by atoms with E-state index in [1.807, 2.05) is 10.9 Å². The van der Waals surface area contributed by atoms with Gasteiger partial charge < -0.3 is 5.73 Å². The Morgan fingerprint density at radius 3 is 2.65 bits per heavy atom. The number of hydrogen-bond donors (Lipinski definition) is 1. The predicted octanol–water partition coefficient (Wildman–Crippen LogP) is 2.67. The van der Waals surface area contributed by atoms with Crippen molar-refractivity contribution in [1.29, 1.82) is 0 Å². The van der Waals surface area contributed by atoms with Gasteiger partial charge in [-0.1, -0.05) is 36.4 Å². The van der Waals surface area contributed by atoms with Crippen LogP contribution in [-0.4, -0.2) is 9.78 Å². The maximum Gasteiger partial charge on any atom is 0.0719 e. The lowest BCUT2D eigenvalue weighted by Crippen LogP contribution is -1.99. The third kappa shape index (κ3) is 1.99. The molecule has 0 radical (unpaired) electrons. The zero-order valence-corrected chi connectivity index (χ0v) is 9.38. The molecule has 1 aromatic heterocycles. The van der Waals surface area contributed by atoms with Gasteiger partial charge in [0.1, 0.15) is 0 Å². The molecular weight excluding hydrogens is 210 g/mol. The summed E-state index contributed by atoms with van der Waals surface area (Å²) in [4.78, 5) is 0. The van der Waals surface area contributed by atoms with Gasteiger partial charge in [0.15, 0.2) is 0 Å². The molecule has 0 bridgehead atoms. The molecule has 3 heteroatoms. The number of hydrogen-bond acceptors (Lipinski definition) is 2. The summed E-state index contributed by atoms with van der Waals surface area (Å²) < 4.78 is 1.85. The van der Waals surface area contributed by atoms with Gasteiger partial charge in [0, 0.05) is 6.20 Å². The number of nitrogens with two attached hydrogens (primary N) is 1. The van der Waals surface area contributed by atoms with Crippen molar-refractivity contribution >= 4 is 16.5 Å². The molecule has 0 aliphatic rings. The van der Waals surface area contributed by atoms with E-state index < -0.39 is 0 Å². The van der Waals surface area contributed by atoms with E-state index in [4.69, 9.17) is 5.73 Å². The molecule has 0 atom stereocenters. The molecule has 0 saturated heterocycles. The summed E-state index contributed by atoms with van der Waals surface area (Å²) in [5, 5.41) is 6.70. The third-order valence-corrected chi connectivity index (χ3v) is 2.81. The van der Waals surface area contributed by atoms with Crippen molar-refractivity contribution in [3.8, 4) is 0 Å². The average Bonchev–Trinajstić information content (AvgIpc) is 2.75. The smallest absolute Gasteiger partial charge is 0.0719 e. The number of anilines is 1. The predicted molar refractivity (Wildman–Crippen MR) is 69.7 cm³/mol. The first kappa shape index (κ1) is 9.90. The lowest BCUT2D eigenvalue weighted by Gasteiger charge is -2.04. The summed E-state index contributed by atoms with van der Waals surface area (Å²) in [5.41, 5.74) is 7.57. The number of nitrogens with zero attached hydrogens (tertiary/aromatic N) is 2. The number of nitrogen functional groups attached to an aromatic ring is 1. The van der Waals surface area contributed by atoms with Gasteiger partial charge in [0.05, 0.1) is 18.4 Å².